The Hall–Kier alpha value is -1.98. The maximum absolute atomic E-state index is 10.8. The van der Waals surface area contributed by atoms with E-state index < -0.39 is 0 Å². The number of fused-ring (bicyclic) bond motifs is 1. The fraction of sp³-hybridized carbons (Fsp3) is 0.263. The van der Waals surface area contributed by atoms with Gasteiger partial charge >= 0.3 is 0 Å². The standard InChI is InChI=1S/C19H18ClN3OS/c1-11-3-6-17-15(7-11)18(19(24)23(17)14-9-25-10-14)22-21-16-8-13(20)5-4-12(16)2/h3-8,14,24H,9-10H2,1-2H3. The minimum Gasteiger partial charge on any atom is -0.493 e. The average Bonchev–Trinajstić information content (AvgIpc) is 2.79. The summed E-state index contributed by atoms with van der Waals surface area (Å²) in [6.45, 7) is 4.00. The molecule has 1 aliphatic heterocycles. The number of nitrogens with zero attached hydrogens (tertiary/aromatic N) is 3. The highest BCUT2D eigenvalue weighted by Gasteiger charge is 2.27. The van der Waals surface area contributed by atoms with Crippen molar-refractivity contribution < 1.29 is 5.11 Å². The van der Waals surface area contributed by atoms with Gasteiger partial charge in [0.15, 0.2) is 5.69 Å². The highest BCUT2D eigenvalue weighted by atomic mass is 35.5. The molecule has 6 heteroatoms. The summed E-state index contributed by atoms with van der Waals surface area (Å²) in [7, 11) is 0. The van der Waals surface area contributed by atoms with E-state index in [-0.39, 0.29) is 5.88 Å². The molecule has 0 unspecified atom stereocenters. The Morgan fingerprint density at radius 1 is 1.12 bits per heavy atom. The summed E-state index contributed by atoms with van der Waals surface area (Å²) >= 11 is 7.94. The molecule has 128 valence electrons. The van der Waals surface area contributed by atoms with Crippen molar-refractivity contribution >= 4 is 45.6 Å². The maximum Gasteiger partial charge on any atom is 0.221 e. The van der Waals surface area contributed by atoms with Crippen LogP contribution in [-0.2, 0) is 0 Å². The number of halogens is 1. The number of hydrogen-bond acceptors (Lipinski definition) is 4. The van der Waals surface area contributed by atoms with E-state index in [0.29, 0.717) is 22.4 Å². The minimum atomic E-state index is 0.189. The molecule has 1 aromatic heterocycles. The Balaban J connectivity index is 1.86. The first-order chi connectivity index (χ1) is 12.0. The molecule has 4 rings (SSSR count). The molecule has 1 N–H and O–H groups in total. The Labute approximate surface area is 155 Å². The van der Waals surface area contributed by atoms with Gasteiger partial charge in [-0.05, 0) is 43.7 Å². The molecule has 4 nitrogen and oxygen atoms in total. The second-order valence-electron chi connectivity index (χ2n) is 6.38. The van der Waals surface area contributed by atoms with Gasteiger partial charge in [-0.15, -0.1) is 5.11 Å². The summed E-state index contributed by atoms with van der Waals surface area (Å²) in [6.07, 6.45) is 0. The van der Waals surface area contributed by atoms with Gasteiger partial charge in [0, 0.05) is 21.9 Å². The van der Waals surface area contributed by atoms with Gasteiger partial charge in [0.25, 0.3) is 0 Å². The first-order valence-electron chi connectivity index (χ1n) is 8.14. The lowest BCUT2D eigenvalue weighted by molar-refractivity contribution is 0.406. The van der Waals surface area contributed by atoms with Crippen molar-refractivity contribution in [3.05, 3.63) is 52.5 Å². The van der Waals surface area contributed by atoms with Crippen molar-refractivity contribution in [1.82, 2.24) is 4.57 Å². The largest absolute Gasteiger partial charge is 0.493 e. The van der Waals surface area contributed by atoms with Crippen molar-refractivity contribution in [2.24, 2.45) is 10.2 Å². The molecular formula is C19H18ClN3OS. The number of aromatic hydroxyl groups is 1. The highest BCUT2D eigenvalue weighted by Crippen LogP contribution is 2.45. The zero-order chi connectivity index (χ0) is 17.6. The van der Waals surface area contributed by atoms with E-state index in [1.54, 1.807) is 6.07 Å². The molecule has 1 aliphatic rings. The minimum absolute atomic E-state index is 0.189. The van der Waals surface area contributed by atoms with Crippen LogP contribution in [0.15, 0.2) is 46.6 Å². The van der Waals surface area contributed by atoms with Crippen LogP contribution in [0.25, 0.3) is 10.9 Å². The second-order valence-corrected chi connectivity index (χ2v) is 7.90. The normalized spacial score (nSPS) is 15.2. The average molecular weight is 372 g/mol. The molecule has 0 saturated carbocycles. The lowest BCUT2D eigenvalue weighted by Crippen LogP contribution is -2.22. The summed E-state index contributed by atoms with van der Waals surface area (Å²) in [5.74, 6) is 2.21. The van der Waals surface area contributed by atoms with E-state index in [0.717, 1.165) is 33.5 Å². The van der Waals surface area contributed by atoms with Gasteiger partial charge in [-0.25, -0.2) is 0 Å². The molecule has 0 bridgehead atoms. The topological polar surface area (TPSA) is 49.9 Å². The van der Waals surface area contributed by atoms with Crippen LogP contribution in [0.1, 0.15) is 17.2 Å². The maximum atomic E-state index is 10.8. The Morgan fingerprint density at radius 2 is 1.92 bits per heavy atom. The van der Waals surface area contributed by atoms with Gasteiger partial charge < -0.3 is 9.67 Å². The van der Waals surface area contributed by atoms with E-state index in [1.807, 2.05) is 42.3 Å². The predicted octanol–water partition coefficient (Wildman–Crippen LogP) is 6.32. The van der Waals surface area contributed by atoms with Crippen LogP contribution >= 0.6 is 23.4 Å². The molecule has 25 heavy (non-hydrogen) atoms. The molecular weight excluding hydrogens is 354 g/mol. The van der Waals surface area contributed by atoms with Gasteiger partial charge in [0.2, 0.25) is 5.88 Å². The second kappa shape index (κ2) is 6.39. The van der Waals surface area contributed by atoms with Crippen LogP contribution in [-0.4, -0.2) is 21.2 Å². The lowest BCUT2D eigenvalue weighted by atomic mass is 10.1. The summed E-state index contributed by atoms with van der Waals surface area (Å²) < 4.78 is 1.99. The first kappa shape index (κ1) is 16.5. The molecule has 0 atom stereocenters. The van der Waals surface area contributed by atoms with E-state index in [2.05, 4.69) is 28.4 Å². The molecule has 2 heterocycles. The molecule has 0 spiro atoms. The summed E-state index contributed by atoms with van der Waals surface area (Å²) in [5, 5.41) is 21.1. The molecule has 2 aromatic carbocycles. The molecule has 3 aromatic rings. The third-order valence-electron chi connectivity index (χ3n) is 4.52. The van der Waals surface area contributed by atoms with Gasteiger partial charge in [-0.1, -0.05) is 29.3 Å². The number of rotatable bonds is 3. The van der Waals surface area contributed by atoms with E-state index in [1.165, 1.54) is 0 Å². The molecule has 0 amide bonds. The lowest BCUT2D eigenvalue weighted by Gasteiger charge is -2.27. The Morgan fingerprint density at radius 3 is 2.64 bits per heavy atom. The van der Waals surface area contributed by atoms with Crippen molar-refractivity contribution in [3.8, 4) is 5.88 Å². The van der Waals surface area contributed by atoms with Gasteiger partial charge in [-0.3, -0.25) is 0 Å². The number of benzene rings is 2. The van der Waals surface area contributed by atoms with Crippen molar-refractivity contribution in [2.75, 3.05) is 11.5 Å². The van der Waals surface area contributed by atoms with Gasteiger partial charge in [-0.2, -0.15) is 16.9 Å². The molecule has 1 saturated heterocycles. The third kappa shape index (κ3) is 2.92. The Kier molecular flexibility index (Phi) is 4.21. The van der Waals surface area contributed by atoms with E-state index >= 15 is 0 Å². The van der Waals surface area contributed by atoms with Crippen molar-refractivity contribution in [1.29, 1.82) is 0 Å². The SMILES string of the molecule is Cc1ccc2c(c1)c(N=Nc1cc(Cl)ccc1C)c(O)n2C1CSC1. The number of thioether (sulfide) groups is 1. The fourth-order valence-electron chi connectivity index (χ4n) is 3.03. The first-order valence-corrected chi connectivity index (χ1v) is 9.67. The summed E-state index contributed by atoms with van der Waals surface area (Å²) in [4.78, 5) is 0. The number of aryl methyl sites for hydroxylation is 2. The van der Waals surface area contributed by atoms with Crippen molar-refractivity contribution in [2.45, 2.75) is 19.9 Å². The van der Waals surface area contributed by atoms with Crippen LogP contribution in [0.2, 0.25) is 5.02 Å². The molecule has 0 radical (unpaired) electrons. The predicted molar refractivity (Wildman–Crippen MR) is 105 cm³/mol. The number of hydrogen-bond donors (Lipinski definition) is 1. The smallest absolute Gasteiger partial charge is 0.221 e. The van der Waals surface area contributed by atoms with Crippen LogP contribution in [0.3, 0.4) is 0 Å². The number of aromatic nitrogens is 1. The summed E-state index contributed by atoms with van der Waals surface area (Å²) in [5.41, 5.74) is 4.35. The molecule has 0 aliphatic carbocycles. The van der Waals surface area contributed by atoms with Gasteiger partial charge in [0.05, 0.1) is 17.2 Å². The van der Waals surface area contributed by atoms with E-state index in [4.69, 9.17) is 11.6 Å². The van der Waals surface area contributed by atoms with E-state index in [9.17, 15) is 5.11 Å². The van der Waals surface area contributed by atoms with Crippen LogP contribution in [0, 0.1) is 13.8 Å². The third-order valence-corrected chi connectivity index (χ3v) is 6.00. The summed E-state index contributed by atoms with van der Waals surface area (Å²) in [6, 6.07) is 12.0. The van der Waals surface area contributed by atoms with Crippen LogP contribution < -0.4 is 0 Å². The Bertz CT molecular complexity index is 992. The van der Waals surface area contributed by atoms with Crippen LogP contribution in [0.4, 0.5) is 11.4 Å². The van der Waals surface area contributed by atoms with Gasteiger partial charge in [0.1, 0.15) is 0 Å². The monoisotopic (exact) mass is 371 g/mol. The zero-order valence-electron chi connectivity index (χ0n) is 14.0. The van der Waals surface area contributed by atoms with Crippen molar-refractivity contribution in [3.63, 3.8) is 0 Å². The fourth-order valence-corrected chi connectivity index (χ4v) is 3.94. The number of azo groups is 1. The quantitative estimate of drug-likeness (QED) is 0.547. The van der Waals surface area contributed by atoms with Crippen LogP contribution in [0.5, 0.6) is 5.88 Å². The molecule has 1 fully saturated rings. The highest BCUT2D eigenvalue weighted by molar-refractivity contribution is 8.00. The zero-order valence-corrected chi connectivity index (χ0v) is 15.6.